The number of azo groups is 2. The van der Waals surface area contributed by atoms with Crippen molar-refractivity contribution in [3.63, 3.8) is 0 Å². The molecule has 9 rings (SSSR count). The first-order valence-corrected chi connectivity index (χ1v) is 24.9. The fourth-order valence-electron chi connectivity index (χ4n) is 8.34. The summed E-state index contributed by atoms with van der Waals surface area (Å²) in [6, 6.07) is 42.5. The highest BCUT2D eigenvalue weighted by molar-refractivity contribution is 6.38. The third kappa shape index (κ3) is 10.9. The van der Waals surface area contributed by atoms with Crippen LogP contribution in [0.25, 0.3) is 21.5 Å². The number of nitrogens with one attached hydrogen (secondary N) is 2. The van der Waals surface area contributed by atoms with Crippen LogP contribution in [0.1, 0.15) is 66.4 Å². The Morgan fingerprint density at radius 3 is 1.17 bits per heavy atom. The minimum atomic E-state index is -0.708. The number of carbonyl (C=O) groups is 4. The van der Waals surface area contributed by atoms with Gasteiger partial charge in [0, 0.05) is 22.1 Å². The molecule has 0 aliphatic carbocycles. The first kappa shape index (κ1) is 52.2. The summed E-state index contributed by atoms with van der Waals surface area (Å²) in [5, 5.41) is 49.5. The maximum atomic E-state index is 13.9. The predicted octanol–water partition coefficient (Wildman–Crippen LogP) is 16.9. The van der Waals surface area contributed by atoms with Crippen LogP contribution in [0.2, 0.25) is 20.1 Å². The molecule has 0 unspecified atom stereocenters. The lowest BCUT2D eigenvalue weighted by Crippen LogP contribution is -2.13. The average Bonchev–Trinajstić information content (AvgIpc) is 3.44. The lowest BCUT2D eigenvalue weighted by atomic mass is 10.0. The molecule has 0 heterocycles. The first-order chi connectivity index (χ1) is 36.7. The third-order valence-electron chi connectivity index (χ3n) is 12.1. The number of rotatable bonds is 14. The van der Waals surface area contributed by atoms with Gasteiger partial charge >= 0.3 is 11.9 Å². The molecule has 0 saturated carbocycles. The van der Waals surface area contributed by atoms with Gasteiger partial charge in [-0.05, 0) is 120 Å². The van der Waals surface area contributed by atoms with Crippen molar-refractivity contribution in [2.24, 2.45) is 20.5 Å². The molecule has 0 atom stereocenters. The number of ether oxygens (including phenoxy) is 2. The van der Waals surface area contributed by atoms with Gasteiger partial charge in [0.05, 0.1) is 53.7 Å². The highest BCUT2D eigenvalue weighted by Crippen LogP contribution is 2.43. The number of esters is 2. The molecule has 9 aromatic carbocycles. The molecule has 14 nitrogen and oxygen atoms in total. The van der Waals surface area contributed by atoms with Gasteiger partial charge in [-0.3, -0.25) is 9.59 Å². The summed E-state index contributed by atoms with van der Waals surface area (Å²) in [6.45, 7) is 3.67. The van der Waals surface area contributed by atoms with E-state index in [1.807, 2.05) is 13.8 Å². The molecule has 18 heteroatoms. The number of anilines is 2. The number of hydrogen-bond donors (Lipinski definition) is 4. The molecule has 4 N–H and O–H groups in total. The lowest BCUT2D eigenvalue weighted by Gasteiger charge is -2.13. The molecular weight excluding hydrogens is 1050 g/mol. The SMILES string of the molecule is CCc1c(N=Nc2c(O)c(C(=O)Nc3ccc(NC(=O)c4cc5ccccc5c(N=Nc5cccc(C(=O)Oc6c(Cl)cccc6Cl)c5CC)c4O)cc3)cc3ccccc23)cccc1C(=O)Oc1c(Cl)cccc1Cl. The monoisotopic (exact) mass is 1090 g/mol. The molecule has 0 aliphatic heterocycles. The Labute approximate surface area is 454 Å². The number of amides is 2. The topological polar surface area (TPSA) is 201 Å². The minimum Gasteiger partial charge on any atom is -0.505 e. The number of para-hydroxylation sites is 2. The number of fused-ring (bicyclic) bond motifs is 2. The van der Waals surface area contributed by atoms with Gasteiger partial charge in [-0.2, -0.15) is 10.2 Å². The standard InChI is InChI=1S/C58H40Cl4N6O8/c1-3-35-39(57(73)75-53-43(59)19-11-20-44(53)60)17-9-23-47(35)65-67-49-37-15-7-5-13-31(37)29-41(51(49)69)55(71)63-33-25-27-34(28-26-33)64-56(72)42-30-32-14-6-8-16-38(32)50(52(42)70)68-66-48-24-10-18-40(36(48)4-2)58(74)76-54-45(61)21-12-22-46(54)62/h5-30,69-70H,3-4H2,1-2H3,(H,63,71)(H,64,72). The van der Waals surface area contributed by atoms with Crippen LogP contribution in [-0.2, 0) is 12.8 Å². The molecular formula is C58H40Cl4N6O8. The van der Waals surface area contributed by atoms with Gasteiger partial charge in [-0.15, -0.1) is 10.2 Å². The van der Waals surface area contributed by atoms with Crippen LogP contribution in [0.3, 0.4) is 0 Å². The van der Waals surface area contributed by atoms with Crippen LogP contribution in [0.4, 0.5) is 34.1 Å². The molecule has 0 aromatic heterocycles. The smallest absolute Gasteiger partial charge is 0.343 e. The molecule has 0 bridgehead atoms. The van der Waals surface area contributed by atoms with Crippen LogP contribution >= 0.6 is 46.4 Å². The van der Waals surface area contributed by atoms with Crippen molar-refractivity contribution < 1.29 is 38.9 Å². The maximum absolute atomic E-state index is 13.9. The van der Waals surface area contributed by atoms with Gasteiger partial charge in [0.15, 0.2) is 23.0 Å². The zero-order valence-corrected chi connectivity index (χ0v) is 43.1. The number of phenols is 2. The summed E-state index contributed by atoms with van der Waals surface area (Å²) >= 11 is 25.0. The summed E-state index contributed by atoms with van der Waals surface area (Å²) in [5.74, 6) is -3.61. The number of halogens is 4. The number of carbonyl (C=O) groups excluding carboxylic acids is 4. The third-order valence-corrected chi connectivity index (χ3v) is 13.3. The minimum absolute atomic E-state index is 0.0130. The van der Waals surface area contributed by atoms with E-state index in [0.717, 1.165) is 0 Å². The van der Waals surface area contributed by atoms with Crippen LogP contribution < -0.4 is 20.1 Å². The molecule has 0 aliphatic rings. The van der Waals surface area contributed by atoms with Crippen molar-refractivity contribution in [2.75, 3.05) is 10.6 Å². The molecule has 76 heavy (non-hydrogen) atoms. The number of aromatic hydroxyl groups is 2. The van der Waals surface area contributed by atoms with Gasteiger partial charge < -0.3 is 30.3 Å². The second-order valence-corrected chi connectivity index (χ2v) is 18.4. The lowest BCUT2D eigenvalue weighted by molar-refractivity contribution is 0.0724. The van der Waals surface area contributed by atoms with E-state index < -0.39 is 35.3 Å². The normalized spacial score (nSPS) is 11.3. The van der Waals surface area contributed by atoms with Crippen molar-refractivity contribution in [3.8, 4) is 23.0 Å². The highest BCUT2D eigenvalue weighted by Gasteiger charge is 2.24. The van der Waals surface area contributed by atoms with Crippen molar-refractivity contribution in [1.29, 1.82) is 0 Å². The first-order valence-electron chi connectivity index (χ1n) is 23.4. The van der Waals surface area contributed by atoms with E-state index in [9.17, 15) is 29.4 Å². The Morgan fingerprint density at radius 2 is 0.803 bits per heavy atom. The molecule has 0 radical (unpaired) electrons. The van der Waals surface area contributed by atoms with Crippen LogP contribution in [-0.4, -0.2) is 34.0 Å². The largest absolute Gasteiger partial charge is 0.505 e. The van der Waals surface area contributed by atoms with E-state index in [-0.39, 0.29) is 65.2 Å². The zero-order valence-electron chi connectivity index (χ0n) is 40.1. The summed E-state index contributed by atoms with van der Waals surface area (Å²) in [4.78, 5) is 54.6. The van der Waals surface area contributed by atoms with Crippen molar-refractivity contribution >= 4 is 126 Å². The highest BCUT2D eigenvalue weighted by atomic mass is 35.5. The summed E-state index contributed by atoms with van der Waals surface area (Å²) in [5.41, 5.74) is 2.53. The summed E-state index contributed by atoms with van der Waals surface area (Å²) in [7, 11) is 0. The van der Waals surface area contributed by atoms with E-state index in [2.05, 4.69) is 31.1 Å². The molecule has 0 fully saturated rings. The van der Waals surface area contributed by atoms with Gasteiger partial charge in [0.25, 0.3) is 11.8 Å². The Bertz CT molecular complexity index is 3580. The maximum Gasteiger partial charge on any atom is 0.343 e. The fourth-order valence-corrected chi connectivity index (χ4v) is 9.29. The molecule has 0 spiro atoms. The predicted molar refractivity (Wildman–Crippen MR) is 296 cm³/mol. The van der Waals surface area contributed by atoms with Crippen LogP contribution in [0.15, 0.2) is 178 Å². The number of phenolic OH excluding ortho intramolecular Hbond substituents is 2. The molecule has 9 aromatic rings. The molecule has 0 saturated heterocycles. The summed E-state index contributed by atoms with van der Waals surface area (Å²) in [6.07, 6.45) is 0.716. The number of nitrogens with zero attached hydrogens (tertiary/aromatic N) is 4. The van der Waals surface area contributed by atoms with E-state index in [4.69, 9.17) is 55.9 Å². The molecule has 378 valence electrons. The van der Waals surface area contributed by atoms with Crippen molar-refractivity contribution in [3.05, 3.63) is 211 Å². The van der Waals surface area contributed by atoms with Crippen molar-refractivity contribution in [2.45, 2.75) is 26.7 Å². The van der Waals surface area contributed by atoms with Gasteiger partial charge in [-0.25, -0.2) is 9.59 Å². The zero-order chi connectivity index (χ0) is 53.6. The average molecular weight is 1090 g/mol. The second kappa shape index (κ2) is 22.8. The Hall–Kier alpha value is -8.66. The molecule has 2 amide bonds. The Kier molecular flexibility index (Phi) is 15.7. The fraction of sp³-hybridized carbons (Fsp3) is 0.0690. The summed E-state index contributed by atoms with van der Waals surface area (Å²) < 4.78 is 11.2. The number of benzene rings is 9. The van der Waals surface area contributed by atoms with Gasteiger partial charge in [0.1, 0.15) is 11.4 Å². The Balaban J connectivity index is 0.930. The van der Waals surface area contributed by atoms with Gasteiger partial charge in [0.2, 0.25) is 0 Å². The Morgan fingerprint density at radius 1 is 0.447 bits per heavy atom. The second-order valence-electron chi connectivity index (χ2n) is 16.8. The van der Waals surface area contributed by atoms with E-state index in [0.29, 0.717) is 68.3 Å². The van der Waals surface area contributed by atoms with Gasteiger partial charge in [-0.1, -0.05) is 133 Å². The van der Waals surface area contributed by atoms with E-state index in [1.165, 1.54) is 12.1 Å². The van der Waals surface area contributed by atoms with E-state index >= 15 is 0 Å². The van der Waals surface area contributed by atoms with Crippen molar-refractivity contribution in [1.82, 2.24) is 0 Å². The quantitative estimate of drug-likeness (QED) is 0.0468. The number of hydrogen-bond acceptors (Lipinski definition) is 12. The van der Waals surface area contributed by atoms with Crippen LogP contribution in [0, 0.1) is 0 Å². The van der Waals surface area contributed by atoms with Crippen LogP contribution in [0.5, 0.6) is 23.0 Å². The van der Waals surface area contributed by atoms with E-state index in [1.54, 1.807) is 146 Å².